The number of fused-ring (bicyclic) bond motifs is 1. The Balaban J connectivity index is 1.84. The normalized spacial score (nSPS) is 17.7. The first-order chi connectivity index (χ1) is 8.83. The van der Waals surface area contributed by atoms with Crippen molar-refractivity contribution in [2.75, 3.05) is 11.9 Å². The Labute approximate surface area is 108 Å². The number of rotatable bonds is 2. The first-order valence-electron chi connectivity index (χ1n) is 6.38. The van der Waals surface area contributed by atoms with Crippen molar-refractivity contribution in [3.63, 3.8) is 0 Å². The van der Waals surface area contributed by atoms with Gasteiger partial charge in [0.15, 0.2) is 0 Å². The fourth-order valence-corrected chi connectivity index (χ4v) is 2.34. The zero-order chi connectivity index (χ0) is 12.4. The van der Waals surface area contributed by atoms with E-state index in [1.807, 2.05) is 12.1 Å². The Kier molecular flexibility index (Phi) is 2.93. The highest BCUT2D eigenvalue weighted by Gasteiger charge is 2.20. The van der Waals surface area contributed by atoms with Crippen LogP contribution in [0.3, 0.4) is 0 Å². The van der Waals surface area contributed by atoms with Crippen LogP contribution in [-0.2, 0) is 0 Å². The van der Waals surface area contributed by atoms with Gasteiger partial charge in [0, 0.05) is 17.7 Å². The Bertz CT molecular complexity index is 533. The van der Waals surface area contributed by atoms with E-state index in [9.17, 15) is 0 Å². The third-order valence-electron chi connectivity index (χ3n) is 3.35. The standard InChI is InChI=1S/C16H17NO/c1-12-6-8-13(9-7-12)17-15-10-11-18-16-5-3-2-4-14(15)16/h2-9,15,17H,10-11H2,1H3. The van der Waals surface area contributed by atoms with Crippen molar-refractivity contribution in [3.05, 3.63) is 59.7 Å². The Morgan fingerprint density at radius 3 is 2.67 bits per heavy atom. The minimum atomic E-state index is 0.345. The van der Waals surface area contributed by atoms with Gasteiger partial charge in [0.2, 0.25) is 0 Å². The Morgan fingerprint density at radius 2 is 1.83 bits per heavy atom. The van der Waals surface area contributed by atoms with Crippen LogP contribution in [0.2, 0.25) is 0 Å². The van der Waals surface area contributed by atoms with Gasteiger partial charge in [-0.05, 0) is 25.1 Å². The number of aryl methyl sites for hydroxylation is 1. The largest absolute Gasteiger partial charge is 0.493 e. The van der Waals surface area contributed by atoms with Gasteiger partial charge >= 0.3 is 0 Å². The summed E-state index contributed by atoms with van der Waals surface area (Å²) in [5, 5.41) is 3.58. The molecule has 0 spiro atoms. The molecule has 1 atom stereocenters. The SMILES string of the molecule is Cc1ccc(NC2CCOc3ccccc32)cc1. The number of hydrogen-bond donors (Lipinski definition) is 1. The molecule has 1 heterocycles. The summed E-state index contributed by atoms with van der Waals surface area (Å²) >= 11 is 0. The smallest absolute Gasteiger partial charge is 0.124 e. The summed E-state index contributed by atoms with van der Waals surface area (Å²) in [4.78, 5) is 0. The second-order valence-corrected chi connectivity index (χ2v) is 4.74. The lowest BCUT2D eigenvalue weighted by atomic mass is 10.0. The van der Waals surface area contributed by atoms with E-state index in [-0.39, 0.29) is 0 Å². The maximum absolute atomic E-state index is 5.67. The average molecular weight is 239 g/mol. The highest BCUT2D eigenvalue weighted by Crippen LogP contribution is 2.33. The number of nitrogens with one attached hydrogen (secondary N) is 1. The van der Waals surface area contributed by atoms with Crippen molar-refractivity contribution in [1.82, 2.24) is 0 Å². The van der Waals surface area contributed by atoms with E-state index in [0.29, 0.717) is 6.04 Å². The molecule has 0 saturated carbocycles. The summed E-state index contributed by atoms with van der Waals surface area (Å²) in [7, 11) is 0. The van der Waals surface area contributed by atoms with E-state index in [1.165, 1.54) is 16.8 Å². The summed E-state index contributed by atoms with van der Waals surface area (Å²) in [6, 6.07) is 17.1. The molecule has 0 amide bonds. The van der Waals surface area contributed by atoms with Crippen LogP contribution >= 0.6 is 0 Å². The number of anilines is 1. The molecule has 0 radical (unpaired) electrons. The summed E-state index contributed by atoms with van der Waals surface area (Å²) in [5.41, 5.74) is 3.71. The molecule has 0 aliphatic carbocycles. The van der Waals surface area contributed by atoms with Crippen molar-refractivity contribution in [1.29, 1.82) is 0 Å². The second-order valence-electron chi connectivity index (χ2n) is 4.74. The van der Waals surface area contributed by atoms with Gasteiger partial charge < -0.3 is 10.1 Å². The molecule has 0 aromatic heterocycles. The fourth-order valence-electron chi connectivity index (χ4n) is 2.34. The molecule has 92 valence electrons. The monoisotopic (exact) mass is 239 g/mol. The molecule has 2 aromatic rings. The van der Waals surface area contributed by atoms with Gasteiger partial charge in [-0.15, -0.1) is 0 Å². The molecule has 0 saturated heterocycles. The summed E-state index contributed by atoms with van der Waals surface area (Å²) < 4.78 is 5.67. The van der Waals surface area contributed by atoms with Gasteiger partial charge in [-0.25, -0.2) is 0 Å². The van der Waals surface area contributed by atoms with E-state index in [1.54, 1.807) is 0 Å². The molecule has 2 nitrogen and oxygen atoms in total. The minimum Gasteiger partial charge on any atom is -0.493 e. The Hall–Kier alpha value is -1.96. The molecule has 2 heteroatoms. The van der Waals surface area contributed by atoms with E-state index in [2.05, 4.69) is 48.6 Å². The number of para-hydroxylation sites is 1. The van der Waals surface area contributed by atoms with Gasteiger partial charge in [0.1, 0.15) is 5.75 Å². The van der Waals surface area contributed by atoms with Gasteiger partial charge in [-0.2, -0.15) is 0 Å². The number of benzene rings is 2. The molecule has 2 aromatic carbocycles. The third kappa shape index (κ3) is 2.19. The van der Waals surface area contributed by atoms with Crippen LogP contribution in [-0.4, -0.2) is 6.61 Å². The van der Waals surface area contributed by atoms with Crippen LogP contribution in [0.1, 0.15) is 23.6 Å². The van der Waals surface area contributed by atoms with Crippen LogP contribution in [0.15, 0.2) is 48.5 Å². The minimum absolute atomic E-state index is 0.345. The topological polar surface area (TPSA) is 21.3 Å². The number of hydrogen-bond acceptors (Lipinski definition) is 2. The lowest BCUT2D eigenvalue weighted by molar-refractivity contribution is 0.274. The molecule has 18 heavy (non-hydrogen) atoms. The van der Waals surface area contributed by atoms with Gasteiger partial charge in [-0.1, -0.05) is 35.9 Å². The highest BCUT2D eigenvalue weighted by molar-refractivity contribution is 5.49. The Morgan fingerprint density at radius 1 is 1.06 bits per heavy atom. The summed E-state index contributed by atoms with van der Waals surface area (Å²) in [5.74, 6) is 1.01. The molecule has 1 aliphatic heterocycles. The molecule has 0 bridgehead atoms. The molecule has 1 aliphatic rings. The molecule has 1 N–H and O–H groups in total. The van der Waals surface area contributed by atoms with Crippen molar-refractivity contribution in [2.45, 2.75) is 19.4 Å². The van der Waals surface area contributed by atoms with E-state index in [4.69, 9.17) is 4.74 Å². The summed E-state index contributed by atoms with van der Waals surface area (Å²) in [6.07, 6.45) is 1.00. The molecular formula is C16H17NO. The highest BCUT2D eigenvalue weighted by atomic mass is 16.5. The van der Waals surface area contributed by atoms with Gasteiger partial charge in [0.25, 0.3) is 0 Å². The van der Waals surface area contributed by atoms with Crippen LogP contribution in [0.4, 0.5) is 5.69 Å². The number of ether oxygens (including phenoxy) is 1. The zero-order valence-corrected chi connectivity index (χ0v) is 10.5. The van der Waals surface area contributed by atoms with Gasteiger partial charge in [-0.3, -0.25) is 0 Å². The third-order valence-corrected chi connectivity index (χ3v) is 3.35. The van der Waals surface area contributed by atoms with Crippen LogP contribution < -0.4 is 10.1 Å². The van der Waals surface area contributed by atoms with Crippen molar-refractivity contribution in [3.8, 4) is 5.75 Å². The van der Waals surface area contributed by atoms with Crippen LogP contribution in [0, 0.1) is 6.92 Å². The van der Waals surface area contributed by atoms with Crippen molar-refractivity contribution < 1.29 is 4.74 Å². The lowest BCUT2D eigenvalue weighted by Crippen LogP contribution is -2.20. The fraction of sp³-hybridized carbons (Fsp3) is 0.250. The van der Waals surface area contributed by atoms with E-state index in [0.717, 1.165) is 18.8 Å². The predicted octanol–water partition coefficient (Wildman–Crippen LogP) is 3.93. The van der Waals surface area contributed by atoms with E-state index >= 15 is 0 Å². The van der Waals surface area contributed by atoms with Gasteiger partial charge in [0.05, 0.1) is 12.6 Å². The molecule has 3 rings (SSSR count). The first-order valence-corrected chi connectivity index (χ1v) is 6.38. The van der Waals surface area contributed by atoms with Crippen LogP contribution in [0.25, 0.3) is 0 Å². The van der Waals surface area contributed by atoms with E-state index < -0.39 is 0 Å². The maximum Gasteiger partial charge on any atom is 0.124 e. The average Bonchev–Trinajstić information content (AvgIpc) is 2.42. The molecule has 1 unspecified atom stereocenters. The zero-order valence-electron chi connectivity index (χ0n) is 10.5. The quantitative estimate of drug-likeness (QED) is 0.857. The summed E-state index contributed by atoms with van der Waals surface area (Å²) in [6.45, 7) is 2.88. The second kappa shape index (κ2) is 4.73. The lowest BCUT2D eigenvalue weighted by Gasteiger charge is -2.27. The molecule has 0 fully saturated rings. The first kappa shape index (κ1) is 11.1. The van der Waals surface area contributed by atoms with Crippen molar-refractivity contribution in [2.24, 2.45) is 0 Å². The maximum atomic E-state index is 5.67. The predicted molar refractivity (Wildman–Crippen MR) is 74.1 cm³/mol. The van der Waals surface area contributed by atoms with Crippen LogP contribution in [0.5, 0.6) is 5.75 Å². The van der Waals surface area contributed by atoms with Crippen molar-refractivity contribution >= 4 is 5.69 Å². The molecular weight excluding hydrogens is 222 g/mol.